The largest absolute Gasteiger partial charge is 0.497 e. The fraction of sp³-hybridized carbons (Fsp3) is 0.600. The van der Waals surface area contributed by atoms with E-state index in [1.54, 1.807) is 6.92 Å². The zero-order valence-corrected chi connectivity index (χ0v) is 8.59. The van der Waals surface area contributed by atoms with Gasteiger partial charge in [0, 0.05) is 12.8 Å². The highest BCUT2D eigenvalue weighted by Crippen LogP contribution is 2.36. The normalized spacial score (nSPS) is 27.1. The maximum Gasteiger partial charge on any atom is 0.202 e. The number of Topliss-reactive ketones (excluding diaryl/α,β-unsaturated/α-hetero) is 1. The zero-order valence-electron chi connectivity index (χ0n) is 8.59. The lowest BCUT2D eigenvalue weighted by Gasteiger charge is -2.27. The Bertz CT molecular complexity index is 327. The van der Waals surface area contributed by atoms with E-state index in [9.17, 15) is 4.79 Å². The van der Waals surface area contributed by atoms with Crippen LogP contribution in [-0.2, 0) is 14.3 Å². The van der Waals surface area contributed by atoms with Crippen LogP contribution in [-0.4, -0.2) is 20.0 Å². The Morgan fingerprint density at radius 2 is 2.00 bits per heavy atom. The third kappa shape index (κ3) is 1.72. The average molecular weight is 195 g/mol. The first-order valence-corrected chi connectivity index (χ1v) is 4.32. The van der Waals surface area contributed by atoms with Gasteiger partial charge in [0.25, 0.3) is 0 Å². The van der Waals surface area contributed by atoms with Crippen molar-refractivity contribution in [1.82, 2.24) is 0 Å². The number of nitrogens with zero attached hydrogens (tertiary/aromatic N) is 1. The van der Waals surface area contributed by atoms with Gasteiger partial charge in [0.15, 0.2) is 5.76 Å². The molecule has 4 heteroatoms. The summed E-state index contributed by atoms with van der Waals surface area (Å²) in [5.74, 6) is 0.549. The highest BCUT2D eigenvalue weighted by Gasteiger charge is 2.38. The predicted octanol–water partition coefficient (Wildman–Crippen LogP) is 1.38. The SMILES string of the molecule is COC1=C(OC)C(=O)CC(C)(C#N)C1. The molecule has 0 saturated carbocycles. The van der Waals surface area contributed by atoms with Gasteiger partial charge in [0.05, 0.1) is 25.7 Å². The minimum atomic E-state index is -0.662. The van der Waals surface area contributed by atoms with Crippen LogP contribution in [0.2, 0.25) is 0 Å². The second-order valence-corrected chi connectivity index (χ2v) is 3.61. The Balaban J connectivity index is 3.07. The summed E-state index contributed by atoms with van der Waals surface area (Å²) in [4.78, 5) is 11.6. The standard InChI is InChI=1S/C10H13NO3/c1-10(6-11)4-7(12)9(14-3)8(5-10)13-2/h4-5H2,1-3H3. The fourth-order valence-corrected chi connectivity index (χ4v) is 1.56. The number of allylic oxidation sites excluding steroid dienone is 2. The topological polar surface area (TPSA) is 59.3 Å². The molecule has 4 nitrogen and oxygen atoms in total. The Kier molecular flexibility index (Phi) is 2.80. The first kappa shape index (κ1) is 10.6. The van der Waals surface area contributed by atoms with Gasteiger partial charge in [-0.2, -0.15) is 5.26 Å². The first-order valence-electron chi connectivity index (χ1n) is 4.32. The van der Waals surface area contributed by atoms with Gasteiger partial charge in [0.1, 0.15) is 5.76 Å². The summed E-state index contributed by atoms with van der Waals surface area (Å²) in [6.07, 6.45) is 0.619. The molecule has 0 bridgehead atoms. The van der Waals surface area contributed by atoms with Crippen LogP contribution in [0.25, 0.3) is 0 Å². The molecular weight excluding hydrogens is 182 g/mol. The number of rotatable bonds is 2. The van der Waals surface area contributed by atoms with Crippen molar-refractivity contribution in [2.45, 2.75) is 19.8 Å². The second-order valence-electron chi connectivity index (χ2n) is 3.61. The van der Waals surface area contributed by atoms with Crippen LogP contribution in [0.5, 0.6) is 0 Å². The van der Waals surface area contributed by atoms with Gasteiger partial charge in [0.2, 0.25) is 5.78 Å². The van der Waals surface area contributed by atoms with Crippen molar-refractivity contribution in [2.75, 3.05) is 14.2 Å². The molecule has 76 valence electrons. The third-order valence-electron chi connectivity index (χ3n) is 2.33. The highest BCUT2D eigenvalue weighted by atomic mass is 16.5. The lowest BCUT2D eigenvalue weighted by Crippen LogP contribution is -2.28. The van der Waals surface area contributed by atoms with Gasteiger partial charge in [-0.1, -0.05) is 0 Å². The highest BCUT2D eigenvalue weighted by molar-refractivity contribution is 5.95. The summed E-state index contributed by atoms with van der Waals surface area (Å²) in [7, 11) is 2.91. The van der Waals surface area contributed by atoms with E-state index in [0.29, 0.717) is 12.2 Å². The summed E-state index contributed by atoms with van der Waals surface area (Å²) >= 11 is 0. The predicted molar refractivity (Wildman–Crippen MR) is 49.0 cm³/mol. The molecular formula is C10H13NO3. The van der Waals surface area contributed by atoms with E-state index in [4.69, 9.17) is 14.7 Å². The molecule has 0 amide bonds. The molecule has 0 aromatic carbocycles. The van der Waals surface area contributed by atoms with Crippen LogP contribution in [0.15, 0.2) is 11.5 Å². The number of ketones is 1. The smallest absolute Gasteiger partial charge is 0.202 e. The molecule has 1 aliphatic rings. The number of nitriles is 1. The molecule has 0 aliphatic heterocycles. The number of hydrogen-bond donors (Lipinski definition) is 0. The van der Waals surface area contributed by atoms with Gasteiger partial charge in [-0.05, 0) is 6.92 Å². The van der Waals surface area contributed by atoms with Crippen molar-refractivity contribution in [3.8, 4) is 6.07 Å². The molecule has 0 aromatic rings. The molecule has 0 spiro atoms. The summed E-state index contributed by atoms with van der Waals surface area (Å²) < 4.78 is 9.99. The fourth-order valence-electron chi connectivity index (χ4n) is 1.56. The minimum absolute atomic E-state index is 0.167. The molecule has 0 N–H and O–H groups in total. The number of methoxy groups -OCH3 is 2. The lowest BCUT2D eigenvalue weighted by molar-refractivity contribution is -0.121. The van der Waals surface area contributed by atoms with Gasteiger partial charge in [-0.25, -0.2) is 0 Å². The van der Waals surface area contributed by atoms with Crippen molar-refractivity contribution in [1.29, 1.82) is 5.26 Å². The summed E-state index contributed by atoms with van der Waals surface area (Å²) in [5.41, 5.74) is -0.662. The van der Waals surface area contributed by atoms with Gasteiger partial charge in [-0.15, -0.1) is 0 Å². The molecule has 0 heterocycles. The molecule has 0 fully saturated rings. The summed E-state index contributed by atoms with van der Waals surface area (Å²) in [6.45, 7) is 1.75. The lowest BCUT2D eigenvalue weighted by atomic mass is 9.78. The van der Waals surface area contributed by atoms with Gasteiger partial charge in [-0.3, -0.25) is 4.79 Å². The Morgan fingerprint density at radius 1 is 1.36 bits per heavy atom. The monoisotopic (exact) mass is 195 g/mol. The van der Waals surface area contributed by atoms with Gasteiger partial charge >= 0.3 is 0 Å². The molecule has 0 saturated heterocycles. The van der Waals surface area contributed by atoms with E-state index in [0.717, 1.165) is 0 Å². The van der Waals surface area contributed by atoms with E-state index in [-0.39, 0.29) is 18.0 Å². The second kappa shape index (κ2) is 3.70. The molecule has 1 unspecified atom stereocenters. The Labute approximate surface area is 83.1 Å². The number of carbonyl (C=O) groups is 1. The van der Waals surface area contributed by atoms with Crippen molar-refractivity contribution >= 4 is 5.78 Å². The quantitative estimate of drug-likeness (QED) is 0.668. The summed E-state index contributed by atoms with van der Waals surface area (Å²) in [5, 5.41) is 8.92. The maximum absolute atomic E-state index is 11.6. The van der Waals surface area contributed by atoms with E-state index in [2.05, 4.69) is 6.07 Å². The number of carbonyl (C=O) groups excluding carboxylic acids is 1. The third-order valence-corrected chi connectivity index (χ3v) is 2.33. The molecule has 1 aliphatic carbocycles. The van der Waals surface area contributed by atoms with Crippen molar-refractivity contribution in [3.05, 3.63) is 11.5 Å². The van der Waals surface area contributed by atoms with E-state index >= 15 is 0 Å². The van der Waals surface area contributed by atoms with Crippen LogP contribution in [0.1, 0.15) is 19.8 Å². The van der Waals surface area contributed by atoms with Crippen LogP contribution < -0.4 is 0 Å². The van der Waals surface area contributed by atoms with Crippen LogP contribution in [0.4, 0.5) is 0 Å². The van der Waals surface area contributed by atoms with Crippen LogP contribution in [0.3, 0.4) is 0 Å². The zero-order chi connectivity index (χ0) is 10.8. The van der Waals surface area contributed by atoms with Crippen LogP contribution in [0, 0.1) is 16.7 Å². The number of hydrogen-bond acceptors (Lipinski definition) is 4. The first-order chi connectivity index (χ1) is 6.56. The molecule has 0 aromatic heterocycles. The maximum atomic E-state index is 11.6. The summed E-state index contributed by atoms with van der Waals surface area (Å²) in [6, 6.07) is 2.13. The molecule has 1 atom stereocenters. The van der Waals surface area contributed by atoms with E-state index in [1.165, 1.54) is 14.2 Å². The van der Waals surface area contributed by atoms with E-state index in [1.807, 2.05) is 0 Å². The molecule has 14 heavy (non-hydrogen) atoms. The Morgan fingerprint density at radius 3 is 2.43 bits per heavy atom. The van der Waals surface area contributed by atoms with Crippen LogP contribution >= 0.6 is 0 Å². The molecule has 0 radical (unpaired) electrons. The van der Waals surface area contributed by atoms with Crippen molar-refractivity contribution in [2.24, 2.45) is 5.41 Å². The van der Waals surface area contributed by atoms with Crippen molar-refractivity contribution < 1.29 is 14.3 Å². The number of ether oxygens (including phenoxy) is 2. The average Bonchev–Trinajstić information content (AvgIpc) is 2.17. The van der Waals surface area contributed by atoms with Crippen molar-refractivity contribution in [3.63, 3.8) is 0 Å². The minimum Gasteiger partial charge on any atom is -0.497 e. The molecule has 1 rings (SSSR count). The van der Waals surface area contributed by atoms with Gasteiger partial charge < -0.3 is 9.47 Å². The van der Waals surface area contributed by atoms with E-state index < -0.39 is 5.41 Å². The Hall–Kier alpha value is -1.50.